The quantitative estimate of drug-likeness (QED) is 0.568. The van der Waals surface area contributed by atoms with Crippen molar-refractivity contribution in [2.24, 2.45) is 0 Å². The van der Waals surface area contributed by atoms with Crippen molar-refractivity contribution in [2.75, 3.05) is 26.0 Å². The Morgan fingerprint density at radius 1 is 1.53 bits per heavy atom. The van der Waals surface area contributed by atoms with Gasteiger partial charge in [-0.2, -0.15) is 0 Å². The monoisotopic (exact) mass is 238 g/mol. The molecule has 0 aliphatic rings. The SMILES string of the molecule is COCCNC(=O)[C@@H](C)Oc1cccc(N)c1. The number of nitrogens with one attached hydrogen (secondary N) is 1. The highest BCUT2D eigenvalue weighted by molar-refractivity contribution is 5.80. The van der Waals surface area contributed by atoms with Crippen LogP contribution in [0.2, 0.25) is 0 Å². The number of methoxy groups -OCH3 is 1. The second-order valence-corrected chi connectivity index (χ2v) is 3.62. The van der Waals surface area contributed by atoms with Crippen LogP contribution in [0.1, 0.15) is 6.92 Å². The van der Waals surface area contributed by atoms with Gasteiger partial charge in [-0.25, -0.2) is 0 Å². The first kappa shape index (κ1) is 13.3. The van der Waals surface area contributed by atoms with Crippen molar-refractivity contribution in [2.45, 2.75) is 13.0 Å². The van der Waals surface area contributed by atoms with E-state index in [1.165, 1.54) is 0 Å². The van der Waals surface area contributed by atoms with Gasteiger partial charge in [-0.15, -0.1) is 0 Å². The molecule has 1 amide bonds. The fourth-order valence-corrected chi connectivity index (χ4v) is 1.27. The van der Waals surface area contributed by atoms with Crippen LogP contribution < -0.4 is 15.8 Å². The van der Waals surface area contributed by atoms with Crippen LogP contribution in [0.15, 0.2) is 24.3 Å². The minimum absolute atomic E-state index is 0.176. The number of anilines is 1. The smallest absolute Gasteiger partial charge is 0.260 e. The van der Waals surface area contributed by atoms with E-state index >= 15 is 0 Å². The molecule has 0 radical (unpaired) electrons. The first-order valence-corrected chi connectivity index (χ1v) is 5.42. The lowest BCUT2D eigenvalue weighted by atomic mass is 10.3. The second-order valence-electron chi connectivity index (χ2n) is 3.62. The molecule has 3 N–H and O–H groups in total. The van der Waals surface area contributed by atoms with Crippen LogP contribution >= 0.6 is 0 Å². The summed E-state index contributed by atoms with van der Waals surface area (Å²) in [6.07, 6.45) is -0.561. The van der Waals surface area contributed by atoms with Crippen molar-refractivity contribution >= 4 is 11.6 Å². The first-order valence-electron chi connectivity index (χ1n) is 5.42. The van der Waals surface area contributed by atoms with Gasteiger partial charge in [0.25, 0.3) is 5.91 Å². The van der Waals surface area contributed by atoms with Gasteiger partial charge in [0.1, 0.15) is 5.75 Å². The average molecular weight is 238 g/mol. The highest BCUT2D eigenvalue weighted by atomic mass is 16.5. The molecule has 0 saturated carbocycles. The van der Waals surface area contributed by atoms with Crippen molar-refractivity contribution in [3.8, 4) is 5.75 Å². The van der Waals surface area contributed by atoms with Gasteiger partial charge < -0.3 is 20.5 Å². The molecule has 1 aromatic rings. The Morgan fingerprint density at radius 2 is 2.29 bits per heavy atom. The Balaban J connectivity index is 2.43. The van der Waals surface area contributed by atoms with Gasteiger partial charge >= 0.3 is 0 Å². The highest BCUT2D eigenvalue weighted by Gasteiger charge is 2.13. The summed E-state index contributed by atoms with van der Waals surface area (Å²) in [5.41, 5.74) is 6.22. The van der Waals surface area contributed by atoms with Gasteiger partial charge in [0, 0.05) is 25.4 Å². The molecule has 94 valence electrons. The molecule has 0 fully saturated rings. The Morgan fingerprint density at radius 3 is 2.94 bits per heavy atom. The standard InChI is InChI=1S/C12H18N2O3/c1-9(12(15)14-6-7-16-2)17-11-5-3-4-10(13)8-11/h3-5,8-9H,6-7,13H2,1-2H3,(H,14,15)/t9-/m1/s1. The predicted octanol–water partition coefficient (Wildman–Crippen LogP) is 0.799. The largest absolute Gasteiger partial charge is 0.481 e. The minimum atomic E-state index is -0.561. The maximum absolute atomic E-state index is 11.6. The number of benzene rings is 1. The third-order valence-electron chi connectivity index (χ3n) is 2.15. The molecule has 5 heteroatoms. The molecule has 0 spiro atoms. The molecule has 0 aliphatic heterocycles. The summed E-state index contributed by atoms with van der Waals surface area (Å²) in [5, 5.41) is 2.70. The van der Waals surface area contributed by atoms with Gasteiger partial charge in [-0.1, -0.05) is 6.07 Å². The molecule has 0 bridgehead atoms. The molecule has 0 heterocycles. The average Bonchev–Trinajstić information content (AvgIpc) is 2.29. The lowest BCUT2D eigenvalue weighted by Gasteiger charge is -2.14. The Bertz CT molecular complexity index is 369. The second kappa shape index (κ2) is 6.75. The molecule has 5 nitrogen and oxygen atoms in total. The normalized spacial score (nSPS) is 11.9. The topological polar surface area (TPSA) is 73.6 Å². The molecule has 17 heavy (non-hydrogen) atoms. The van der Waals surface area contributed by atoms with Crippen LogP contribution in [-0.4, -0.2) is 32.3 Å². The van der Waals surface area contributed by atoms with Crippen molar-refractivity contribution in [3.05, 3.63) is 24.3 Å². The number of carbonyl (C=O) groups is 1. The lowest BCUT2D eigenvalue weighted by Crippen LogP contribution is -2.37. The molecular weight excluding hydrogens is 220 g/mol. The fraction of sp³-hybridized carbons (Fsp3) is 0.417. The van der Waals surface area contributed by atoms with Crippen LogP contribution in [0.25, 0.3) is 0 Å². The van der Waals surface area contributed by atoms with E-state index < -0.39 is 6.10 Å². The Labute approximate surface area is 101 Å². The first-order chi connectivity index (χ1) is 8.13. The van der Waals surface area contributed by atoms with Crippen LogP contribution in [0.4, 0.5) is 5.69 Å². The van der Waals surface area contributed by atoms with Gasteiger partial charge in [0.05, 0.1) is 6.61 Å². The maximum atomic E-state index is 11.6. The summed E-state index contributed by atoms with van der Waals surface area (Å²) in [6, 6.07) is 6.98. The summed E-state index contributed by atoms with van der Waals surface area (Å²) in [6.45, 7) is 2.64. The van der Waals surface area contributed by atoms with Crippen molar-refractivity contribution in [1.29, 1.82) is 0 Å². The molecule has 0 aliphatic carbocycles. The molecular formula is C12H18N2O3. The van der Waals surface area contributed by atoms with Gasteiger partial charge in [-0.3, -0.25) is 4.79 Å². The molecule has 0 aromatic heterocycles. The molecule has 0 unspecified atom stereocenters. The zero-order valence-electron chi connectivity index (χ0n) is 10.1. The Hall–Kier alpha value is -1.75. The molecule has 1 aromatic carbocycles. The number of carbonyl (C=O) groups excluding carboxylic acids is 1. The number of rotatable bonds is 6. The van der Waals surface area contributed by atoms with E-state index in [-0.39, 0.29) is 5.91 Å². The zero-order chi connectivity index (χ0) is 12.7. The predicted molar refractivity (Wildman–Crippen MR) is 65.8 cm³/mol. The number of hydrogen-bond acceptors (Lipinski definition) is 4. The maximum Gasteiger partial charge on any atom is 0.260 e. The van der Waals surface area contributed by atoms with E-state index in [1.807, 2.05) is 0 Å². The summed E-state index contributed by atoms with van der Waals surface area (Å²) >= 11 is 0. The number of amides is 1. The lowest BCUT2D eigenvalue weighted by molar-refractivity contribution is -0.127. The highest BCUT2D eigenvalue weighted by Crippen LogP contribution is 2.15. The molecule has 1 atom stereocenters. The number of hydrogen-bond donors (Lipinski definition) is 2. The summed E-state index contributed by atoms with van der Waals surface area (Å²) in [5.74, 6) is 0.406. The summed E-state index contributed by atoms with van der Waals surface area (Å²) in [7, 11) is 1.58. The van der Waals surface area contributed by atoms with Crippen molar-refractivity contribution < 1.29 is 14.3 Å². The van der Waals surface area contributed by atoms with E-state index in [9.17, 15) is 4.79 Å². The van der Waals surface area contributed by atoms with Crippen LogP contribution in [0, 0.1) is 0 Å². The summed E-state index contributed by atoms with van der Waals surface area (Å²) < 4.78 is 10.3. The van der Waals surface area contributed by atoms with Crippen LogP contribution in [0.5, 0.6) is 5.75 Å². The van der Waals surface area contributed by atoms with Gasteiger partial charge in [0.15, 0.2) is 6.10 Å². The Kier molecular flexibility index (Phi) is 5.29. The van der Waals surface area contributed by atoms with Gasteiger partial charge in [0.2, 0.25) is 0 Å². The van der Waals surface area contributed by atoms with Gasteiger partial charge in [-0.05, 0) is 19.1 Å². The zero-order valence-corrected chi connectivity index (χ0v) is 10.1. The number of nitrogen functional groups attached to an aromatic ring is 1. The van der Waals surface area contributed by atoms with E-state index in [1.54, 1.807) is 38.3 Å². The molecule has 1 rings (SSSR count). The van der Waals surface area contributed by atoms with E-state index in [0.717, 1.165) is 0 Å². The van der Waals surface area contributed by atoms with Crippen molar-refractivity contribution in [3.63, 3.8) is 0 Å². The summed E-state index contributed by atoms with van der Waals surface area (Å²) in [4.78, 5) is 11.6. The third kappa shape index (κ3) is 4.74. The van der Waals surface area contributed by atoms with Crippen LogP contribution in [0.3, 0.4) is 0 Å². The van der Waals surface area contributed by atoms with Crippen LogP contribution in [-0.2, 0) is 9.53 Å². The van der Waals surface area contributed by atoms with E-state index in [4.69, 9.17) is 15.2 Å². The number of ether oxygens (including phenoxy) is 2. The number of nitrogens with two attached hydrogens (primary N) is 1. The fourth-order valence-electron chi connectivity index (χ4n) is 1.27. The van der Waals surface area contributed by atoms with E-state index in [0.29, 0.717) is 24.6 Å². The van der Waals surface area contributed by atoms with E-state index in [2.05, 4.69) is 5.32 Å². The molecule has 0 saturated heterocycles. The van der Waals surface area contributed by atoms with Crippen molar-refractivity contribution in [1.82, 2.24) is 5.32 Å². The minimum Gasteiger partial charge on any atom is -0.481 e. The third-order valence-corrected chi connectivity index (χ3v) is 2.15.